The van der Waals surface area contributed by atoms with E-state index in [1.165, 1.54) is 14.2 Å². The lowest BCUT2D eigenvalue weighted by Crippen LogP contribution is -2.50. The Labute approximate surface area is 98.6 Å². The molecule has 9 heteroatoms. The standard InChI is InChI=1S/C8H14N2O6S/c1-15-7(11)9-5-3-17(13,14)4-6(5)10-8(12)16-2/h5-6H,3-4H2,1-2H3,(H,9,11)(H,10,12). The highest BCUT2D eigenvalue weighted by molar-refractivity contribution is 7.91. The predicted octanol–water partition coefficient (Wildman–Crippen LogP) is -1.14. The van der Waals surface area contributed by atoms with E-state index in [1.54, 1.807) is 0 Å². The van der Waals surface area contributed by atoms with E-state index in [0.717, 1.165) is 0 Å². The fourth-order valence-corrected chi connectivity index (χ4v) is 3.41. The van der Waals surface area contributed by atoms with Crippen molar-refractivity contribution in [2.45, 2.75) is 12.1 Å². The topological polar surface area (TPSA) is 111 Å². The Morgan fingerprint density at radius 3 is 1.65 bits per heavy atom. The Hall–Kier alpha value is -1.51. The van der Waals surface area contributed by atoms with Gasteiger partial charge in [0.05, 0.1) is 37.8 Å². The lowest BCUT2D eigenvalue weighted by atomic mass is 10.2. The van der Waals surface area contributed by atoms with Crippen LogP contribution in [0.4, 0.5) is 9.59 Å². The van der Waals surface area contributed by atoms with Gasteiger partial charge in [0, 0.05) is 0 Å². The van der Waals surface area contributed by atoms with Gasteiger partial charge in [-0.15, -0.1) is 0 Å². The highest BCUT2D eigenvalue weighted by Crippen LogP contribution is 2.13. The van der Waals surface area contributed by atoms with E-state index >= 15 is 0 Å². The van der Waals surface area contributed by atoms with Crippen LogP contribution in [0.3, 0.4) is 0 Å². The fraction of sp³-hybridized carbons (Fsp3) is 0.750. The highest BCUT2D eigenvalue weighted by Gasteiger charge is 2.39. The Morgan fingerprint density at radius 1 is 1.00 bits per heavy atom. The van der Waals surface area contributed by atoms with E-state index in [0.29, 0.717) is 0 Å². The summed E-state index contributed by atoms with van der Waals surface area (Å²) >= 11 is 0. The summed E-state index contributed by atoms with van der Waals surface area (Å²) in [6.45, 7) is 0. The van der Waals surface area contributed by atoms with Crippen molar-refractivity contribution in [3.8, 4) is 0 Å². The summed E-state index contributed by atoms with van der Waals surface area (Å²) in [5, 5.41) is 4.71. The average molecular weight is 266 g/mol. The number of nitrogens with one attached hydrogen (secondary N) is 2. The van der Waals surface area contributed by atoms with Crippen LogP contribution in [0, 0.1) is 0 Å². The van der Waals surface area contributed by atoms with Crippen molar-refractivity contribution in [2.75, 3.05) is 25.7 Å². The van der Waals surface area contributed by atoms with Crippen LogP contribution >= 0.6 is 0 Å². The van der Waals surface area contributed by atoms with Gasteiger partial charge in [-0.3, -0.25) is 0 Å². The first kappa shape index (κ1) is 13.6. The molecule has 2 N–H and O–H groups in total. The average Bonchev–Trinajstić information content (AvgIpc) is 2.52. The van der Waals surface area contributed by atoms with Crippen LogP contribution in [0.5, 0.6) is 0 Å². The van der Waals surface area contributed by atoms with E-state index < -0.39 is 34.1 Å². The summed E-state index contributed by atoms with van der Waals surface area (Å²) in [6.07, 6.45) is -1.49. The molecule has 1 saturated heterocycles. The third-order valence-electron chi connectivity index (χ3n) is 2.33. The normalized spacial score (nSPS) is 26.0. The minimum absolute atomic E-state index is 0.239. The molecule has 0 aromatic heterocycles. The number of sulfone groups is 1. The molecule has 8 nitrogen and oxygen atoms in total. The second-order valence-electron chi connectivity index (χ2n) is 3.56. The van der Waals surface area contributed by atoms with Crippen molar-refractivity contribution in [2.24, 2.45) is 0 Å². The molecule has 0 aromatic carbocycles. The largest absolute Gasteiger partial charge is 0.453 e. The van der Waals surface area contributed by atoms with Crippen LogP contribution < -0.4 is 10.6 Å². The van der Waals surface area contributed by atoms with Crippen molar-refractivity contribution >= 4 is 22.0 Å². The fourth-order valence-electron chi connectivity index (χ4n) is 1.55. The minimum atomic E-state index is -3.29. The van der Waals surface area contributed by atoms with Crippen molar-refractivity contribution in [1.82, 2.24) is 10.6 Å². The summed E-state index contributed by atoms with van der Waals surface area (Å²) in [7, 11) is -0.957. The molecular weight excluding hydrogens is 252 g/mol. The van der Waals surface area contributed by atoms with E-state index in [4.69, 9.17) is 0 Å². The van der Waals surface area contributed by atoms with E-state index in [-0.39, 0.29) is 11.5 Å². The smallest absolute Gasteiger partial charge is 0.407 e. The summed E-state index contributed by atoms with van der Waals surface area (Å²) in [5.41, 5.74) is 0. The van der Waals surface area contributed by atoms with Crippen molar-refractivity contribution in [1.29, 1.82) is 0 Å². The van der Waals surface area contributed by atoms with Gasteiger partial charge in [-0.1, -0.05) is 0 Å². The van der Waals surface area contributed by atoms with Gasteiger partial charge in [-0.05, 0) is 0 Å². The molecule has 1 heterocycles. The van der Waals surface area contributed by atoms with Crippen molar-refractivity contribution in [3.63, 3.8) is 0 Å². The molecule has 2 unspecified atom stereocenters. The van der Waals surface area contributed by atoms with Gasteiger partial charge in [0.15, 0.2) is 9.84 Å². The van der Waals surface area contributed by atoms with Crippen LogP contribution in [-0.4, -0.2) is 58.4 Å². The molecule has 0 radical (unpaired) electrons. The second kappa shape index (κ2) is 5.21. The summed E-state index contributed by atoms with van der Waals surface area (Å²) in [6, 6.07) is -1.43. The number of rotatable bonds is 2. The Bertz CT molecular complexity index is 374. The van der Waals surface area contributed by atoms with Crippen LogP contribution in [0.15, 0.2) is 0 Å². The lowest BCUT2D eigenvalue weighted by Gasteiger charge is -2.19. The van der Waals surface area contributed by atoms with E-state index in [1.807, 2.05) is 0 Å². The Morgan fingerprint density at radius 2 is 1.35 bits per heavy atom. The molecule has 17 heavy (non-hydrogen) atoms. The van der Waals surface area contributed by atoms with Gasteiger partial charge in [-0.25, -0.2) is 18.0 Å². The van der Waals surface area contributed by atoms with Gasteiger partial charge < -0.3 is 20.1 Å². The first-order valence-corrected chi connectivity index (χ1v) is 6.59. The molecule has 1 aliphatic rings. The van der Waals surface area contributed by atoms with Crippen LogP contribution in [0.25, 0.3) is 0 Å². The molecule has 0 saturated carbocycles. The number of carbonyl (C=O) groups is 2. The maximum atomic E-state index is 11.4. The predicted molar refractivity (Wildman–Crippen MR) is 57.3 cm³/mol. The van der Waals surface area contributed by atoms with Crippen LogP contribution in [0.1, 0.15) is 0 Å². The highest BCUT2D eigenvalue weighted by atomic mass is 32.2. The zero-order chi connectivity index (χ0) is 13.1. The zero-order valence-corrected chi connectivity index (χ0v) is 10.2. The van der Waals surface area contributed by atoms with Crippen LogP contribution in [0.2, 0.25) is 0 Å². The number of methoxy groups -OCH3 is 2. The lowest BCUT2D eigenvalue weighted by molar-refractivity contribution is 0.157. The molecule has 1 rings (SSSR count). The number of hydrogen-bond donors (Lipinski definition) is 2. The van der Waals surface area contributed by atoms with Gasteiger partial charge >= 0.3 is 12.2 Å². The number of carbonyl (C=O) groups excluding carboxylic acids is 2. The summed E-state index contributed by atoms with van der Waals surface area (Å²) in [4.78, 5) is 22.0. The van der Waals surface area contributed by atoms with E-state index in [2.05, 4.69) is 20.1 Å². The van der Waals surface area contributed by atoms with Crippen LogP contribution in [-0.2, 0) is 19.3 Å². The zero-order valence-electron chi connectivity index (χ0n) is 9.43. The SMILES string of the molecule is COC(=O)NC1CS(=O)(=O)CC1NC(=O)OC. The minimum Gasteiger partial charge on any atom is -0.453 e. The maximum absolute atomic E-state index is 11.4. The molecule has 1 fully saturated rings. The van der Waals surface area contributed by atoms with Crippen molar-refractivity contribution in [3.05, 3.63) is 0 Å². The Balaban J connectivity index is 2.71. The molecule has 98 valence electrons. The molecule has 0 aliphatic carbocycles. The molecule has 1 aliphatic heterocycles. The van der Waals surface area contributed by atoms with Gasteiger partial charge in [0.1, 0.15) is 0 Å². The first-order chi connectivity index (χ1) is 7.88. The second-order valence-corrected chi connectivity index (χ2v) is 5.72. The third-order valence-corrected chi connectivity index (χ3v) is 4.06. The number of hydrogen-bond acceptors (Lipinski definition) is 6. The van der Waals surface area contributed by atoms with Gasteiger partial charge in [0.2, 0.25) is 0 Å². The third kappa shape index (κ3) is 3.77. The number of amides is 2. The van der Waals surface area contributed by atoms with Crippen molar-refractivity contribution < 1.29 is 27.5 Å². The molecule has 0 aromatic rings. The summed E-state index contributed by atoms with van der Waals surface area (Å²) in [5.74, 6) is -0.479. The molecule has 0 spiro atoms. The van der Waals surface area contributed by atoms with E-state index in [9.17, 15) is 18.0 Å². The Kier molecular flexibility index (Phi) is 4.16. The quantitative estimate of drug-likeness (QED) is 0.654. The molecule has 2 amide bonds. The first-order valence-electron chi connectivity index (χ1n) is 4.77. The molecular formula is C8H14N2O6S. The number of alkyl carbamates (subject to hydrolysis) is 2. The molecule has 2 atom stereocenters. The molecule has 0 bridgehead atoms. The van der Waals surface area contributed by atoms with Gasteiger partial charge in [-0.2, -0.15) is 0 Å². The number of ether oxygens (including phenoxy) is 2. The maximum Gasteiger partial charge on any atom is 0.407 e. The van der Waals surface area contributed by atoms with Gasteiger partial charge in [0.25, 0.3) is 0 Å². The monoisotopic (exact) mass is 266 g/mol. The summed E-state index contributed by atoms with van der Waals surface area (Å²) < 4.78 is 31.6.